The maximum Gasteiger partial charge on any atom is 0.0329 e. The predicted octanol–water partition coefficient (Wildman–Crippen LogP) is 5.05. The van der Waals surface area contributed by atoms with Crippen molar-refractivity contribution in [3.05, 3.63) is 54.6 Å². The van der Waals surface area contributed by atoms with Crippen molar-refractivity contribution >= 4 is 43.2 Å². The highest BCUT2D eigenvalue weighted by molar-refractivity contribution is 9.10. The number of halogens is 2. The zero-order chi connectivity index (χ0) is 12.5. The van der Waals surface area contributed by atoms with Crippen LogP contribution >= 0.6 is 43.2 Å². The second-order valence-corrected chi connectivity index (χ2v) is 7.28. The SMILES string of the molecule is Brc1ccc2c(c1)C(NCc1sccc1Br)CC2. The highest BCUT2D eigenvalue weighted by Gasteiger charge is 2.22. The standard InChI is InChI=1S/C14H13Br2NS/c15-10-3-1-9-2-4-13(11(9)7-10)17-8-14-12(16)5-6-18-14/h1,3,5-7,13,17H,2,4,8H2. The van der Waals surface area contributed by atoms with Crippen molar-refractivity contribution in [2.75, 3.05) is 0 Å². The molecule has 18 heavy (non-hydrogen) atoms. The zero-order valence-corrected chi connectivity index (χ0v) is 13.7. The van der Waals surface area contributed by atoms with Gasteiger partial charge in [-0.1, -0.05) is 22.0 Å². The van der Waals surface area contributed by atoms with E-state index < -0.39 is 0 Å². The van der Waals surface area contributed by atoms with Gasteiger partial charge in [0.1, 0.15) is 0 Å². The van der Waals surface area contributed by atoms with Gasteiger partial charge in [-0.3, -0.25) is 0 Å². The van der Waals surface area contributed by atoms with Gasteiger partial charge in [-0.2, -0.15) is 0 Å². The van der Waals surface area contributed by atoms with Crippen LogP contribution in [0.2, 0.25) is 0 Å². The van der Waals surface area contributed by atoms with Crippen molar-refractivity contribution in [3.8, 4) is 0 Å². The summed E-state index contributed by atoms with van der Waals surface area (Å²) in [4.78, 5) is 1.37. The van der Waals surface area contributed by atoms with Crippen LogP contribution < -0.4 is 5.32 Å². The van der Waals surface area contributed by atoms with E-state index in [9.17, 15) is 0 Å². The molecule has 0 amide bonds. The fourth-order valence-electron chi connectivity index (χ4n) is 2.45. The van der Waals surface area contributed by atoms with Crippen LogP contribution in [0.15, 0.2) is 38.6 Å². The first-order chi connectivity index (χ1) is 8.74. The van der Waals surface area contributed by atoms with E-state index in [1.54, 1.807) is 11.3 Å². The van der Waals surface area contributed by atoms with Crippen molar-refractivity contribution in [3.63, 3.8) is 0 Å². The lowest BCUT2D eigenvalue weighted by Crippen LogP contribution is -2.18. The molecule has 0 aliphatic heterocycles. The summed E-state index contributed by atoms with van der Waals surface area (Å²) >= 11 is 8.94. The molecule has 1 aliphatic carbocycles. The van der Waals surface area contributed by atoms with E-state index in [1.165, 1.54) is 37.8 Å². The predicted molar refractivity (Wildman–Crippen MR) is 84.1 cm³/mol. The van der Waals surface area contributed by atoms with Crippen molar-refractivity contribution in [2.45, 2.75) is 25.4 Å². The highest BCUT2D eigenvalue weighted by atomic mass is 79.9. The Morgan fingerprint density at radius 3 is 2.94 bits per heavy atom. The van der Waals surface area contributed by atoms with E-state index in [2.05, 4.69) is 66.8 Å². The van der Waals surface area contributed by atoms with E-state index in [-0.39, 0.29) is 0 Å². The molecule has 0 saturated heterocycles. The molecular weight excluding hydrogens is 374 g/mol. The molecule has 1 aromatic heterocycles. The lowest BCUT2D eigenvalue weighted by molar-refractivity contribution is 0.532. The molecule has 4 heteroatoms. The van der Waals surface area contributed by atoms with Crippen LogP contribution in [0.5, 0.6) is 0 Å². The Balaban J connectivity index is 1.73. The third-order valence-corrected chi connectivity index (χ3v) is 5.81. The van der Waals surface area contributed by atoms with Gasteiger partial charge in [0.05, 0.1) is 0 Å². The van der Waals surface area contributed by atoms with E-state index in [0.29, 0.717) is 6.04 Å². The minimum Gasteiger partial charge on any atom is -0.305 e. The monoisotopic (exact) mass is 385 g/mol. The lowest BCUT2D eigenvalue weighted by Gasteiger charge is -2.14. The molecule has 0 fully saturated rings. The van der Waals surface area contributed by atoms with Crippen molar-refractivity contribution in [1.29, 1.82) is 0 Å². The van der Waals surface area contributed by atoms with Gasteiger partial charge in [0.25, 0.3) is 0 Å². The summed E-state index contributed by atoms with van der Waals surface area (Å²) in [6.07, 6.45) is 2.39. The fourth-order valence-corrected chi connectivity index (χ4v) is 4.27. The number of benzene rings is 1. The largest absolute Gasteiger partial charge is 0.305 e. The summed E-state index contributed by atoms with van der Waals surface area (Å²) < 4.78 is 2.39. The summed E-state index contributed by atoms with van der Waals surface area (Å²) in [6.45, 7) is 0.939. The normalized spacial score (nSPS) is 18.0. The Hall–Kier alpha value is -0.160. The average Bonchev–Trinajstić information content (AvgIpc) is 2.93. The number of hydrogen-bond donors (Lipinski definition) is 1. The molecule has 1 aliphatic rings. The van der Waals surface area contributed by atoms with E-state index in [0.717, 1.165) is 6.54 Å². The molecule has 1 aromatic carbocycles. The van der Waals surface area contributed by atoms with Gasteiger partial charge in [-0.25, -0.2) is 0 Å². The third kappa shape index (κ3) is 2.57. The van der Waals surface area contributed by atoms with Crippen molar-refractivity contribution in [1.82, 2.24) is 5.32 Å². The molecular formula is C14H13Br2NS. The van der Waals surface area contributed by atoms with Gasteiger partial charge in [-0.15, -0.1) is 11.3 Å². The van der Waals surface area contributed by atoms with Gasteiger partial charge in [0.15, 0.2) is 0 Å². The van der Waals surface area contributed by atoms with Crippen molar-refractivity contribution in [2.24, 2.45) is 0 Å². The van der Waals surface area contributed by atoms with Gasteiger partial charge in [0, 0.05) is 26.4 Å². The number of hydrogen-bond acceptors (Lipinski definition) is 2. The first kappa shape index (κ1) is 12.9. The third-order valence-electron chi connectivity index (χ3n) is 3.39. The number of rotatable bonds is 3. The van der Waals surface area contributed by atoms with Crippen LogP contribution in [0.4, 0.5) is 0 Å². The van der Waals surface area contributed by atoms with Crippen LogP contribution in [0.3, 0.4) is 0 Å². The number of fused-ring (bicyclic) bond motifs is 1. The molecule has 0 spiro atoms. The Morgan fingerprint density at radius 1 is 1.28 bits per heavy atom. The fraction of sp³-hybridized carbons (Fsp3) is 0.286. The Bertz CT molecular complexity index is 565. The summed E-state index contributed by atoms with van der Waals surface area (Å²) in [5.41, 5.74) is 2.94. The molecule has 1 heterocycles. The quantitative estimate of drug-likeness (QED) is 0.778. The maximum absolute atomic E-state index is 3.67. The first-order valence-electron chi connectivity index (χ1n) is 5.97. The lowest BCUT2D eigenvalue weighted by atomic mass is 10.1. The van der Waals surface area contributed by atoms with E-state index in [4.69, 9.17) is 0 Å². The molecule has 1 atom stereocenters. The van der Waals surface area contributed by atoms with Gasteiger partial charge < -0.3 is 5.32 Å². The molecule has 94 valence electrons. The van der Waals surface area contributed by atoms with Crippen LogP contribution in [-0.4, -0.2) is 0 Å². The second kappa shape index (κ2) is 5.45. The van der Waals surface area contributed by atoms with Gasteiger partial charge >= 0.3 is 0 Å². The molecule has 1 nitrogen and oxygen atoms in total. The Labute approximate surface area is 128 Å². The minimum atomic E-state index is 0.492. The van der Waals surface area contributed by atoms with Crippen LogP contribution in [0, 0.1) is 0 Å². The zero-order valence-electron chi connectivity index (χ0n) is 9.75. The molecule has 1 unspecified atom stereocenters. The summed E-state index contributed by atoms with van der Waals surface area (Å²) in [5, 5.41) is 5.79. The number of aryl methyl sites for hydroxylation is 1. The first-order valence-corrected chi connectivity index (χ1v) is 8.44. The molecule has 0 saturated carbocycles. The highest BCUT2D eigenvalue weighted by Crippen LogP contribution is 2.34. The second-order valence-electron chi connectivity index (χ2n) is 4.51. The Morgan fingerprint density at radius 2 is 2.17 bits per heavy atom. The van der Waals surface area contributed by atoms with Crippen molar-refractivity contribution < 1.29 is 0 Å². The van der Waals surface area contributed by atoms with Gasteiger partial charge in [-0.05, 0) is 63.5 Å². The van der Waals surface area contributed by atoms with Crippen LogP contribution in [0.1, 0.15) is 28.5 Å². The van der Waals surface area contributed by atoms with E-state index in [1.807, 2.05) is 0 Å². The molecule has 0 bridgehead atoms. The topological polar surface area (TPSA) is 12.0 Å². The average molecular weight is 387 g/mol. The Kier molecular flexibility index (Phi) is 3.89. The smallest absolute Gasteiger partial charge is 0.0329 e. The summed E-state index contributed by atoms with van der Waals surface area (Å²) in [7, 11) is 0. The molecule has 2 aromatic rings. The van der Waals surface area contributed by atoms with E-state index >= 15 is 0 Å². The van der Waals surface area contributed by atoms with Crippen LogP contribution in [0.25, 0.3) is 0 Å². The summed E-state index contributed by atoms with van der Waals surface area (Å²) in [5.74, 6) is 0. The minimum absolute atomic E-state index is 0.492. The maximum atomic E-state index is 3.67. The van der Waals surface area contributed by atoms with Gasteiger partial charge in [0.2, 0.25) is 0 Å². The molecule has 1 N–H and O–H groups in total. The summed E-state index contributed by atoms with van der Waals surface area (Å²) in [6, 6.07) is 9.23. The molecule has 3 rings (SSSR count). The number of nitrogens with one attached hydrogen (secondary N) is 1. The molecule has 0 radical (unpaired) electrons. The number of thiophene rings is 1. The van der Waals surface area contributed by atoms with Crippen LogP contribution in [-0.2, 0) is 13.0 Å².